The van der Waals surface area contributed by atoms with Gasteiger partial charge in [0.15, 0.2) is 0 Å². The molecule has 2 rings (SSSR count). The van der Waals surface area contributed by atoms with E-state index in [0.717, 1.165) is 12.1 Å². The fourth-order valence-electron chi connectivity index (χ4n) is 2.45. The molecule has 0 spiro atoms. The lowest BCUT2D eigenvalue weighted by Crippen LogP contribution is -2.51. The van der Waals surface area contributed by atoms with Crippen molar-refractivity contribution < 1.29 is 32.5 Å². The molecule has 0 aliphatic carbocycles. The van der Waals surface area contributed by atoms with E-state index in [1.807, 2.05) is 0 Å². The molecule has 0 aliphatic rings. The van der Waals surface area contributed by atoms with Gasteiger partial charge in [-0.05, 0) is 17.7 Å². The molecule has 140 valence electrons. The molecule has 0 heterocycles. The van der Waals surface area contributed by atoms with Gasteiger partial charge in [-0.25, -0.2) is 0 Å². The van der Waals surface area contributed by atoms with Gasteiger partial charge in [0.25, 0.3) is 5.91 Å². The van der Waals surface area contributed by atoms with E-state index in [1.165, 1.54) is 44.6 Å². The van der Waals surface area contributed by atoms with Gasteiger partial charge >= 0.3 is 6.18 Å². The third-order valence-electron chi connectivity index (χ3n) is 3.88. The first kappa shape index (κ1) is 19.6. The van der Waals surface area contributed by atoms with Gasteiger partial charge in [-0.3, -0.25) is 4.79 Å². The fraction of sp³-hybridized carbons (Fsp3) is 0.278. The number of hydrogen-bond donors (Lipinski definition) is 2. The Hall–Kier alpha value is -2.74. The molecule has 0 aromatic heterocycles. The maximum Gasteiger partial charge on any atom is 0.423 e. The Morgan fingerprint density at radius 3 is 2.00 bits per heavy atom. The van der Waals surface area contributed by atoms with Crippen molar-refractivity contribution in [2.45, 2.75) is 11.8 Å². The lowest BCUT2D eigenvalue weighted by atomic mass is 9.93. The number of aliphatic hydroxyl groups is 1. The first-order valence-electron chi connectivity index (χ1n) is 7.58. The summed E-state index contributed by atoms with van der Waals surface area (Å²) in [4.78, 5) is 12.5. The van der Waals surface area contributed by atoms with Gasteiger partial charge < -0.3 is 19.9 Å². The SMILES string of the molecule is COc1cccc(OC)c1C(=O)NCC(O)(c1ccccc1)C(F)(F)F. The van der Waals surface area contributed by atoms with Crippen LogP contribution in [0.3, 0.4) is 0 Å². The highest BCUT2D eigenvalue weighted by molar-refractivity contribution is 5.99. The number of carbonyl (C=O) groups excluding carboxylic acids is 1. The monoisotopic (exact) mass is 369 g/mol. The first-order valence-corrected chi connectivity index (χ1v) is 7.58. The van der Waals surface area contributed by atoms with Crippen LogP contribution >= 0.6 is 0 Å². The van der Waals surface area contributed by atoms with Crippen LogP contribution in [0, 0.1) is 0 Å². The Bertz CT molecular complexity index is 743. The van der Waals surface area contributed by atoms with Crippen molar-refractivity contribution >= 4 is 5.91 Å². The van der Waals surface area contributed by atoms with E-state index in [2.05, 4.69) is 5.32 Å². The summed E-state index contributed by atoms with van der Waals surface area (Å²) >= 11 is 0. The van der Waals surface area contributed by atoms with Crippen molar-refractivity contribution in [2.24, 2.45) is 0 Å². The number of hydrogen-bond acceptors (Lipinski definition) is 4. The Morgan fingerprint density at radius 1 is 1.00 bits per heavy atom. The van der Waals surface area contributed by atoms with Crippen LogP contribution in [-0.2, 0) is 5.60 Å². The van der Waals surface area contributed by atoms with Gasteiger partial charge in [-0.2, -0.15) is 13.2 Å². The summed E-state index contributed by atoms with van der Waals surface area (Å²) in [5.74, 6) is -0.591. The number of benzene rings is 2. The van der Waals surface area contributed by atoms with Crippen LogP contribution in [0.5, 0.6) is 11.5 Å². The van der Waals surface area contributed by atoms with Gasteiger partial charge in [0, 0.05) is 0 Å². The molecule has 2 aromatic rings. The molecule has 1 atom stereocenters. The summed E-state index contributed by atoms with van der Waals surface area (Å²) in [7, 11) is 2.64. The van der Waals surface area contributed by atoms with Crippen molar-refractivity contribution in [2.75, 3.05) is 20.8 Å². The topological polar surface area (TPSA) is 67.8 Å². The molecule has 0 fully saturated rings. The summed E-state index contributed by atoms with van der Waals surface area (Å²) in [5, 5.41) is 12.4. The zero-order chi connectivity index (χ0) is 19.4. The molecular formula is C18H18F3NO4. The highest BCUT2D eigenvalue weighted by Gasteiger charge is 2.55. The number of alkyl halides is 3. The number of nitrogens with one attached hydrogen (secondary N) is 1. The van der Waals surface area contributed by atoms with E-state index in [1.54, 1.807) is 6.07 Å². The Labute approximate surface area is 148 Å². The average Bonchev–Trinajstić information content (AvgIpc) is 2.64. The molecule has 2 N–H and O–H groups in total. The second-order valence-corrected chi connectivity index (χ2v) is 5.44. The number of halogens is 3. The van der Waals surface area contributed by atoms with Crippen LogP contribution in [0.4, 0.5) is 13.2 Å². The van der Waals surface area contributed by atoms with E-state index < -0.39 is 24.2 Å². The minimum Gasteiger partial charge on any atom is -0.496 e. The van der Waals surface area contributed by atoms with Crippen LogP contribution < -0.4 is 14.8 Å². The molecular weight excluding hydrogens is 351 g/mol. The number of ether oxygens (including phenoxy) is 2. The molecule has 0 aliphatic heterocycles. The van der Waals surface area contributed by atoms with Crippen LogP contribution in [0.2, 0.25) is 0 Å². The third-order valence-corrected chi connectivity index (χ3v) is 3.88. The lowest BCUT2D eigenvalue weighted by Gasteiger charge is -2.31. The van der Waals surface area contributed by atoms with Crippen LogP contribution in [-0.4, -0.2) is 38.0 Å². The van der Waals surface area contributed by atoms with Gasteiger partial charge in [0.05, 0.1) is 20.8 Å². The predicted octanol–water partition coefficient (Wildman–Crippen LogP) is 2.88. The molecule has 0 saturated carbocycles. The van der Waals surface area contributed by atoms with Crippen molar-refractivity contribution in [3.63, 3.8) is 0 Å². The highest BCUT2D eigenvalue weighted by Crippen LogP contribution is 2.38. The molecule has 8 heteroatoms. The molecule has 26 heavy (non-hydrogen) atoms. The van der Waals surface area contributed by atoms with Crippen molar-refractivity contribution in [3.05, 3.63) is 59.7 Å². The molecule has 0 saturated heterocycles. The molecule has 5 nitrogen and oxygen atoms in total. The number of methoxy groups -OCH3 is 2. The van der Waals surface area contributed by atoms with E-state index >= 15 is 0 Å². The maximum atomic E-state index is 13.5. The second-order valence-electron chi connectivity index (χ2n) is 5.44. The zero-order valence-electron chi connectivity index (χ0n) is 14.1. The second kappa shape index (κ2) is 7.65. The summed E-state index contributed by atoms with van der Waals surface area (Å²) in [6.07, 6.45) is -4.99. The third kappa shape index (κ3) is 3.75. The summed E-state index contributed by atoms with van der Waals surface area (Å²) in [6.45, 7) is -1.07. The molecule has 2 aromatic carbocycles. The molecule has 0 bridgehead atoms. The molecule has 1 unspecified atom stereocenters. The van der Waals surface area contributed by atoms with Gasteiger partial charge in [-0.15, -0.1) is 0 Å². The van der Waals surface area contributed by atoms with Crippen molar-refractivity contribution in [1.29, 1.82) is 0 Å². The van der Waals surface area contributed by atoms with E-state index in [9.17, 15) is 23.1 Å². The molecule has 1 amide bonds. The Morgan fingerprint density at radius 2 is 1.54 bits per heavy atom. The standard InChI is InChI=1S/C18H18F3NO4/c1-25-13-9-6-10-14(26-2)15(13)16(23)22-11-17(24,18(19,20)21)12-7-4-3-5-8-12/h3-10,24H,11H2,1-2H3,(H,22,23). The number of carbonyl (C=O) groups is 1. The highest BCUT2D eigenvalue weighted by atomic mass is 19.4. The smallest absolute Gasteiger partial charge is 0.423 e. The quantitative estimate of drug-likeness (QED) is 0.822. The minimum atomic E-state index is -4.99. The molecule has 0 radical (unpaired) electrons. The van der Waals surface area contributed by atoms with Gasteiger partial charge in [0.1, 0.15) is 17.1 Å². The van der Waals surface area contributed by atoms with Crippen LogP contribution in [0.15, 0.2) is 48.5 Å². The van der Waals surface area contributed by atoms with E-state index in [4.69, 9.17) is 9.47 Å². The van der Waals surface area contributed by atoms with Crippen molar-refractivity contribution in [3.8, 4) is 11.5 Å². The largest absolute Gasteiger partial charge is 0.496 e. The summed E-state index contributed by atoms with van der Waals surface area (Å²) in [5.41, 5.74) is -3.67. The normalized spacial score (nSPS) is 13.6. The van der Waals surface area contributed by atoms with Crippen molar-refractivity contribution in [1.82, 2.24) is 5.32 Å². The minimum absolute atomic E-state index is 0.0601. The van der Waals surface area contributed by atoms with Gasteiger partial charge in [0.2, 0.25) is 5.60 Å². The lowest BCUT2D eigenvalue weighted by molar-refractivity contribution is -0.263. The van der Waals surface area contributed by atoms with Crippen LogP contribution in [0.25, 0.3) is 0 Å². The first-order chi connectivity index (χ1) is 12.2. The van der Waals surface area contributed by atoms with E-state index in [0.29, 0.717) is 0 Å². The average molecular weight is 369 g/mol. The zero-order valence-corrected chi connectivity index (χ0v) is 14.1. The Balaban J connectivity index is 2.32. The van der Waals surface area contributed by atoms with E-state index in [-0.39, 0.29) is 22.6 Å². The Kier molecular flexibility index (Phi) is 5.76. The predicted molar refractivity (Wildman–Crippen MR) is 88.3 cm³/mol. The maximum absolute atomic E-state index is 13.5. The van der Waals surface area contributed by atoms with Gasteiger partial charge in [-0.1, -0.05) is 36.4 Å². The summed E-state index contributed by atoms with van der Waals surface area (Å²) in [6, 6.07) is 11.1. The summed E-state index contributed by atoms with van der Waals surface area (Å²) < 4.78 is 50.6. The fourth-order valence-corrected chi connectivity index (χ4v) is 2.45. The van der Waals surface area contributed by atoms with Crippen LogP contribution in [0.1, 0.15) is 15.9 Å². The number of amides is 1. The number of rotatable bonds is 6.